The molecule has 1 unspecified atom stereocenters. The van der Waals surface area contributed by atoms with E-state index in [1.54, 1.807) is 6.92 Å². The smallest absolute Gasteiger partial charge is 0.408 e. The normalized spacial score (nSPS) is 30.5. The van der Waals surface area contributed by atoms with Crippen molar-refractivity contribution in [2.24, 2.45) is 29.4 Å². The van der Waals surface area contributed by atoms with E-state index >= 15 is 0 Å². The van der Waals surface area contributed by atoms with Crippen LogP contribution in [0.15, 0.2) is 30.3 Å². The molecule has 4 bridgehead atoms. The van der Waals surface area contributed by atoms with Gasteiger partial charge in [-0.1, -0.05) is 30.3 Å². The molecule has 6 heteroatoms. The van der Waals surface area contributed by atoms with Crippen molar-refractivity contribution in [2.45, 2.75) is 69.9 Å². The number of nitrogens with one attached hydrogen (secondary N) is 2. The third-order valence-corrected chi connectivity index (χ3v) is 7.69. The SMILES string of the molecule is CC(CCCN)(NC(=O)OC1C2CC3CC(C2)CC1C3)C(=O)NCCc1ccccc1. The predicted octanol–water partition coefficient (Wildman–Crippen LogP) is 3.39. The number of nitrogens with two attached hydrogens (primary N) is 1. The number of alkyl carbamates (subject to hydrolysis) is 1. The van der Waals surface area contributed by atoms with Crippen LogP contribution in [0.3, 0.4) is 0 Å². The van der Waals surface area contributed by atoms with Crippen molar-refractivity contribution in [3.63, 3.8) is 0 Å². The Kier molecular flexibility index (Phi) is 6.85. The zero-order chi connectivity index (χ0) is 21.8. The van der Waals surface area contributed by atoms with E-state index in [1.807, 2.05) is 30.3 Å². The summed E-state index contributed by atoms with van der Waals surface area (Å²) < 4.78 is 5.97. The lowest BCUT2D eigenvalue weighted by Gasteiger charge is -2.53. The summed E-state index contributed by atoms with van der Waals surface area (Å²) in [5.74, 6) is 2.47. The number of hydrogen-bond acceptors (Lipinski definition) is 4. The minimum Gasteiger partial charge on any atom is -0.446 e. The van der Waals surface area contributed by atoms with Gasteiger partial charge in [0.15, 0.2) is 0 Å². The van der Waals surface area contributed by atoms with Crippen LogP contribution in [0.1, 0.15) is 57.4 Å². The molecule has 2 amide bonds. The lowest BCUT2D eigenvalue weighted by Crippen LogP contribution is -2.59. The topological polar surface area (TPSA) is 93.4 Å². The molecular weight excluding hydrogens is 390 g/mol. The third kappa shape index (κ3) is 5.22. The van der Waals surface area contributed by atoms with Gasteiger partial charge in [0.2, 0.25) is 5.91 Å². The summed E-state index contributed by atoms with van der Waals surface area (Å²) in [5, 5.41) is 5.90. The predicted molar refractivity (Wildman–Crippen MR) is 120 cm³/mol. The third-order valence-electron chi connectivity index (χ3n) is 7.69. The molecule has 0 radical (unpaired) electrons. The summed E-state index contributed by atoms with van der Waals surface area (Å²) in [5.41, 5.74) is 5.83. The minimum absolute atomic E-state index is 0.00713. The average Bonchev–Trinajstić information content (AvgIpc) is 2.75. The summed E-state index contributed by atoms with van der Waals surface area (Å²) >= 11 is 0. The van der Waals surface area contributed by atoms with Crippen molar-refractivity contribution in [3.05, 3.63) is 35.9 Å². The Morgan fingerprint density at radius 1 is 1.06 bits per heavy atom. The molecule has 0 saturated heterocycles. The lowest BCUT2D eigenvalue weighted by atomic mass is 9.55. The van der Waals surface area contributed by atoms with E-state index in [-0.39, 0.29) is 12.0 Å². The number of carbonyl (C=O) groups is 2. The van der Waals surface area contributed by atoms with Gasteiger partial charge < -0.3 is 21.1 Å². The van der Waals surface area contributed by atoms with Crippen LogP contribution in [0, 0.1) is 23.7 Å². The largest absolute Gasteiger partial charge is 0.446 e. The quantitative estimate of drug-likeness (QED) is 0.563. The molecule has 6 nitrogen and oxygen atoms in total. The van der Waals surface area contributed by atoms with Crippen molar-refractivity contribution in [2.75, 3.05) is 13.1 Å². The Balaban J connectivity index is 1.32. The fourth-order valence-electron chi connectivity index (χ4n) is 6.29. The number of rotatable bonds is 9. The van der Waals surface area contributed by atoms with Crippen molar-refractivity contribution >= 4 is 12.0 Å². The standard InChI is InChI=1S/C25H37N3O3/c1-25(9-5-10-26,23(29)27-11-8-17-6-3-2-4-7-17)28-24(30)31-22-20-13-18-12-19(15-20)16-21(22)14-18/h2-4,6-7,18-22H,5,8-16,26H2,1H3,(H,27,29)(H,28,30). The molecule has 5 rings (SSSR count). The average molecular weight is 428 g/mol. The number of carbonyl (C=O) groups excluding carboxylic acids is 2. The van der Waals surface area contributed by atoms with Gasteiger partial charge in [0, 0.05) is 6.54 Å². The summed E-state index contributed by atoms with van der Waals surface area (Å²) in [6.45, 7) is 2.77. The van der Waals surface area contributed by atoms with E-state index in [9.17, 15) is 9.59 Å². The van der Waals surface area contributed by atoms with Gasteiger partial charge in [0.25, 0.3) is 0 Å². The van der Waals surface area contributed by atoms with Crippen LogP contribution in [-0.4, -0.2) is 36.7 Å². The molecule has 31 heavy (non-hydrogen) atoms. The van der Waals surface area contributed by atoms with Gasteiger partial charge in [0.05, 0.1) is 0 Å². The first kappa shape index (κ1) is 22.1. The second-order valence-electron chi connectivity index (χ2n) is 10.1. The molecule has 0 aliphatic heterocycles. The Hall–Kier alpha value is -2.08. The highest BCUT2D eigenvalue weighted by molar-refractivity contribution is 5.89. The molecule has 4 aliphatic carbocycles. The second kappa shape index (κ2) is 9.60. The Morgan fingerprint density at radius 3 is 2.32 bits per heavy atom. The molecule has 170 valence electrons. The van der Waals surface area contributed by atoms with E-state index < -0.39 is 11.6 Å². The molecule has 4 N–H and O–H groups in total. The zero-order valence-electron chi connectivity index (χ0n) is 18.6. The van der Waals surface area contributed by atoms with Crippen molar-refractivity contribution in [1.29, 1.82) is 0 Å². The van der Waals surface area contributed by atoms with E-state index in [0.717, 1.165) is 18.3 Å². The zero-order valence-corrected chi connectivity index (χ0v) is 18.6. The van der Waals surface area contributed by atoms with E-state index in [1.165, 1.54) is 37.7 Å². The van der Waals surface area contributed by atoms with E-state index in [4.69, 9.17) is 10.5 Å². The summed E-state index contributed by atoms with van der Waals surface area (Å²) in [4.78, 5) is 25.9. The minimum atomic E-state index is -1.03. The van der Waals surface area contributed by atoms with Crippen LogP contribution in [0.4, 0.5) is 4.79 Å². The van der Waals surface area contributed by atoms with Crippen LogP contribution < -0.4 is 16.4 Å². The summed E-state index contributed by atoms with van der Waals surface area (Å²) in [7, 11) is 0. The first-order valence-corrected chi connectivity index (χ1v) is 12.0. The molecule has 1 aromatic rings. The number of hydrogen-bond donors (Lipinski definition) is 3. The van der Waals surface area contributed by atoms with E-state index in [2.05, 4.69) is 10.6 Å². The maximum atomic E-state index is 13.0. The van der Waals surface area contributed by atoms with Crippen molar-refractivity contribution in [1.82, 2.24) is 10.6 Å². The van der Waals surface area contributed by atoms with Gasteiger partial charge in [-0.05, 0) is 94.1 Å². The number of ether oxygens (including phenoxy) is 1. The lowest BCUT2D eigenvalue weighted by molar-refractivity contribution is -0.128. The molecule has 0 heterocycles. The highest BCUT2D eigenvalue weighted by atomic mass is 16.6. The Labute approximate surface area is 185 Å². The van der Waals surface area contributed by atoms with E-state index in [0.29, 0.717) is 37.8 Å². The molecule has 1 aromatic carbocycles. The monoisotopic (exact) mass is 427 g/mol. The molecule has 1 atom stereocenters. The molecule has 4 fully saturated rings. The van der Waals surface area contributed by atoms with Crippen molar-refractivity contribution in [3.8, 4) is 0 Å². The van der Waals surface area contributed by atoms with Gasteiger partial charge >= 0.3 is 6.09 Å². The summed E-state index contributed by atoms with van der Waals surface area (Å²) in [6.07, 6.45) is 7.56. The van der Waals surface area contributed by atoms with Gasteiger partial charge in [0.1, 0.15) is 11.6 Å². The molecule has 0 aromatic heterocycles. The molecule has 4 aliphatic rings. The highest BCUT2D eigenvalue weighted by Crippen LogP contribution is 2.54. The maximum Gasteiger partial charge on any atom is 0.408 e. The maximum absolute atomic E-state index is 13.0. The molecule has 0 spiro atoms. The second-order valence-corrected chi connectivity index (χ2v) is 10.1. The van der Waals surface area contributed by atoms with Crippen molar-refractivity contribution < 1.29 is 14.3 Å². The van der Waals surface area contributed by atoms with Gasteiger partial charge in [-0.25, -0.2) is 4.79 Å². The van der Waals surface area contributed by atoms with Crippen LogP contribution >= 0.6 is 0 Å². The number of benzene rings is 1. The van der Waals surface area contributed by atoms with Crippen LogP contribution in [-0.2, 0) is 16.0 Å². The fraction of sp³-hybridized carbons (Fsp3) is 0.680. The fourth-order valence-corrected chi connectivity index (χ4v) is 6.29. The van der Waals surface area contributed by atoms with Crippen LogP contribution in [0.25, 0.3) is 0 Å². The molecular formula is C25H37N3O3. The first-order chi connectivity index (χ1) is 15.0. The summed E-state index contributed by atoms with van der Waals surface area (Å²) in [6, 6.07) is 10.0. The van der Waals surface area contributed by atoms with Crippen LogP contribution in [0.5, 0.6) is 0 Å². The van der Waals surface area contributed by atoms with Crippen LogP contribution in [0.2, 0.25) is 0 Å². The highest BCUT2D eigenvalue weighted by Gasteiger charge is 2.50. The first-order valence-electron chi connectivity index (χ1n) is 12.0. The van der Waals surface area contributed by atoms with Gasteiger partial charge in [-0.2, -0.15) is 0 Å². The Morgan fingerprint density at radius 2 is 1.71 bits per heavy atom. The molecule has 4 saturated carbocycles. The van der Waals surface area contributed by atoms with Gasteiger partial charge in [-0.15, -0.1) is 0 Å². The Bertz CT molecular complexity index is 741. The van der Waals surface area contributed by atoms with Gasteiger partial charge in [-0.3, -0.25) is 4.79 Å². The number of amides is 2.